The van der Waals surface area contributed by atoms with E-state index in [0.717, 1.165) is 5.56 Å². The van der Waals surface area contributed by atoms with Crippen molar-refractivity contribution in [2.24, 2.45) is 0 Å². The van der Waals surface area contributed by atoms with E-state index >= 15 is 0 Å². The van der Waals surface area contributed by atoms with Crippen LogP contribution in [0.2, 0.25) is 5.02 Å². The lowest BCUT2D eigenvalue weighted by molar-refractivity contribution is 0.0950. The zero-order valence-electron chi connectivity index (χ0n) is 14.4. The number of nitrogen functional groups attached to an aromatic ring is 1. The maximum atomic E-state index is 12.3. The van der Waals surface area contributed by atoms with Crippen molar-refractivity contribution in [2.75, 3.05) is 11.1 Å². The Morgan fingerprint density at radius 3 is 2.22 bits per heavy atom. The Morgan fingerprint density at radius 1 is 0.852 bits per heavy atom. The molecule has 3 aromatic rings. The van der Waals surface area contributed by atoms with Gasteiger partial charge in [0, 0.05) is 12.1 Å². The summed E-state index contributed by atoms with van der Waals surface area (Å²) in [6.07, 6.45) is 0. The molecule has 0 atom stereocenters. The number of hydrogen-bond donors (Lipinski definition) is 3. The number of carbonyl (C=O) groups excluding carboxylic acids is 2. The fourth-order valence-corrected chi connectivity index (χ4v) is 2.72. The minimum atomic E-state index is -0.250. The highest BCUT2D eigenvalue weighted by Gasteiger charge is 2.10. The molecule has 0 saturated carbocycles. The van der Waals surface area contributed by atoms with Gasteiger partial charge in [-0.05, 0) is 42.0 Å². The highest BCUT2D eigenvalue weighted by Crippen LogP contribution is 2.18. The minimum Gasteiger partial charge on any atom is -0.397 e. The third-order valence-electron chi connectivity index (χ3n) is 4.00. The molecule has 3 aromatic carbocycles. The lowest BCUT2D eigenvalue weighted by Crippen LogP contribution is -2.23. The first-order valence-electron chi connectivity index (χ1n) is 8.32. The molecule has 2 amide bonds. The van der Waals surface area contributed by atoms with Crippen molar-refractivity contribution >= 4 is 34.8 Å². The molecule has 0 spiro atoms. The number of halogens is 1. The molecule has 0 bridgehead atoms. The summed E-state index contributed by atoms with van der Waals surface area (Å²) in [5.41, 5.74) is 8.70. The predicted molar refractivity (Wildman–Crippen MR) is 108 cm³/mol. The van der Waals surface area contributed by atoms with Crippen LogP contribution in [0.3, 0.4) is 0 Å². The molecule has 5 nitrogen and oxygen atoms in total. The second kappa shape index (κ2) is 8.38. The van der Waals surface area contributed by atoms with Crippen molar-refractivity contribution in [3.05, 3.63) is 94.5 Å². The van der Waals surface area contributed by atoms with Crippen LogP contribution < -0.4 is 16.4 Å². The van der Waals surface area contributed by atoms with Crippen LogP contribution >= 0.6 is 11.6 Å². The SMILES string of the molecule is Nc1ccccc1NC(=O)c1ccc(CNC(=O)c2ccccc2Cl)cc1. The van der Waals surface area contributed by atoms with Gasteiger partial charge >= 0.3 is 0 Å². The third-order valence-corrected chi connectivity index (χ3v) is 4.33. The lowest BCUT2D eigenvalue weighted by Gasteiger charge is -2.09. The highest BCUT2D eigenvalue weighted by molar-refractivity contribution is 6.33. The van der Waals surface area contributed by atoms with Gasteiger partial charge in [-0.2, -0.15) is 0 Å². The summed E-state index contributed by atoms with van der Waals surface area (Å²) in [5, 5.41) is 5.99. The lowest BCUT2D eigenvalue weighted by atomic mass is 10.1. The fraction of sp³-hybridized carbons (Fsp3) is 0.0476. The van der Waals surface area contributed by atoms with Crippen LogP contribution in [0.1, 0.15) is 26.3 Å². The van der Waals surface area contributed by atoms with Gasteiger partial charge in [0.1, 0.15) is 0 Å². The van der Waals surface area contributed by atoms with E-state index in [0.29, 0.717) is 34.1 Å². The Bertz CT molecular complexity index is 971. The molecule has 0 heterocycles. The molecule has 0 unspecified atom stereocenters. The molecule has 0 saturated heterocycles. The number of amides is 2. The first kappa shape index (κ1) is 18.5. The van der Waals surface area contributed by atoms with E-state index in [-0.39, 0.29) is 11.8 Å². The van der Waals surface area contributed by atoms with Gasteiger partial charge in [0.05, 0.1) is 22.0 Å². The van der Waals surface area contributed by atoms with Crippen LogP contribution in [-0.2, 0) is 6.54 Å². The van der Waals surface area contributed by atoms with Crippen molar-refractivity contribution < 1.29 is 9.59 Å². The number of para-hydroxylation sites is 2. The molecule has 0 aliphatic heterocycles. The Hall–Kier alpha value is -3.31. The van der Waals surface area contributed by atoms with Crippen LogP contribution in [0.15, 0.2) is 72.8 Å². The molecule has 0 radical (unpaired) electrons. The smallest absolute Gasteiger partial charge is 0.255 e. The first-order valence-corrected chi connectivity index (χ1v) is 8.70. The van der Waals surface area contributed by atoms with Crippen molar-refractivity contribution in [3.63, 3.8) is 0 Å². The normalized spacial score (nSPS) is 10.3. The van der Waals surface area contributed by atoms with Crippen LogP contribution in [0.5, 0.6) is 0 Å². The third kappa shape index (κ3) is 4.65. The Balaban J connectivity index is 1.60. The summed E-state index contributed by atoms with van der Waals surface area (Å²) in [7, 11) is 0. The maximum absolute atomic E-state index is 12.3. The van der Waals surface area contributed by atoms with Gasteiger partial charge in [0.2, 0.25) is 0 Å². The quantitative estimate of drug-likeness (QED) is 0.583. The molecule has 6 heteroatoms. The van der Waals surface area contributed by atoms with Crippen molar-refractivity contribution in [2.45, 2.75) is 6.54 Å². The van der Waals surface area contributed by atoms with Gasteiger partial charge in [0.15, 0.2) is 0 Å². The van der Waals surface area contributed by atoms with Gasteiger partial charge < -0.3 is 16.4 Å². The van der Waals surface area contributed by atoms with Gasteiger partial charge in [-0.1, -0.05) is 48.0 Å². The van der Waals surface area contributed by atoms with Gasteiger partial charge in [-0.25, -0.2) is 0 Å². The molecular weight excluding hydrogens is 362 g/mol. The van der Waals surface area contributed by atoms with E-state index in [9.17, 15) is 9.59 Å². The predicted octanol–water partition coefficient (Wildman–Crippen LogP) is 4.10. The largest absolute Gasteiger partial charge is 0.397 e. The molecule has 4 N–H and O–H groups in total. The second-order valence-electron chi connectivity index (χ2n) is 5.90. The van der Waals surface area contributed by atoms with Crippen molar-refractivity contribution in [3.8, 4) is 0 Å². The molecule has 3 rings (SSSR count). The highest BCUT2D eigenvalue weighted by atomic mass is 35.5. The number of benzene rings is 3. The van der Waals surface area contributed by atoms with Gasteiger partial charge in [-0.3, -0.25) is 9.59 Å². The van der Waals surface area contributed by atoms with E-state index in [1.54, 1.807) is 72.8 Å². The molecule has 136 valence electrons. The topological polar surface area (TPSA) is 84.2 Å². The van der Waals surface area contributed by atoms with Crippen molar-refractivity contribution in [1.29, 1.82) is 0 Å². The van der Waals surface area contributed by atoms with Crippen LogP contribution in [0.4, 0.5) is 11.4 Å². The van der Waals surface area contributed by atoms with E-state index in [1.807, 2.05) is 0 Å². The van der Waals surface area contributed by atoms with Crippen molar-refractivity contribution in [1.82, 2.24) is 5.32 Å². The molecule has 0 aromatic heterocycles. The molecule has 0 aliphatic carbocycles. The standard InChI is InChI=1S/C21H18ClN3O2/c22-17-6-2-1-5-16(17)21(27)24-13-14-9-11-15(12-10-14)20(26)25-19-8-4-3-7-18(19)23/h1-12H,13,23H2,(H,24,27)(H,25,26). The number of nitrogens with two attached hydrogens (primary N) is 1. The molecule has 27 heavy (non-hydrogen) atoms. The monoisotopic (exact) mass is 379 g/mol. The van der Waals surface area contributed by atoms with Gasteiger partial charge in [-0.15, -0.1) is 0 Å². The number of anilines is 2. The first-order chi connectivity index (χ1) is 13.0. The van der Waals surface area contributed by atoms with E-state index in [1.165, 1.54) is 0 Å². The van der Waals surface area contributed by atoms with Crippen LogP contribution in [0, 0.1) is 0 Å². The van der Waals surface area contributed by atoms with E-state index < -0.39 is 0 Å². The molecule has 0 fully saturated rings. The van der Waals surface area contributed by atoms with Crippen LogP contribution in [-0.4, -0.2) is 11.8 Å². The molecule has 0 aliphatic rings. The Labute approximate surface area is 162 Å². The summed E-state index contributed by atoms with van der Waals surface area (Å²) in [5.74, 6) is -0.499. The fourth-order valence-electron chi connectivity index (χ4n) is 2.50. The second-order valence-corrected chi connectivity index (χ2v) is 6.31. The minimum absolute atomic E-state index is 0.248. The Morgan fingerprint density at radius 2 is 1.52 bits per heavy atom. The average Bonchev–Trinajstić information content (AvgIpc) is 2.68. The summed E-state index contributed by atoms with van der Waals surface area (Å²) in [4.78, 5) is 24.5. The zero-order chi connectivity index (χ0) is 19.2. The average molecular weight is 380 g/mol. The summed E-state index contributed by atoms with van der Waals surface area (Å²) in [6.45, 7) is 0.331. The Kier molecular flexibility index (Phi) is 5.74. The van der Waals surface area contributed by atoms with E-state index in [2.05, 4.69) is 10.6 Å². The maximum Gasteiger partial charge on any atom is 0.255 e. The number of carbonyl (C=O) groups is 2. The van der Waals surface area contributed by atoms with E-state index in [4.69, 9.17) is 17.3 Å². The van der Waals surface area contributed by atoms with Gasteiger partial charge in [0.25, 0.3) is 11.8 Å². The summed E-state index contributed by atoms with van der Waals surface area (Å²) in [6, 6.07) is 20.9. The summed E-state index contributed by atoms with van der Waals surface area (Å²) >= 11 is 6.02. The number of hydrogen-bond acceptors (Lipinski definition) is 3. The zero-order valence-corrected chi connectivity index (χ0v) is 15.2. The number of rotatable bonds is 5. The van der Waals surface area contributed by atoms with Crippen LogP contribution in [0.25, 0.3) is 0 Å². The molecular formula is C21H18ClN3O2. The number of nitrogens with one attached hydrogen (secondary N) is 2. The summed E-state index contributed by atoms with van der Waals surface area (Å²) < 4.78 is 0.